The van der Waals surface area contributed by atoms with Crippen molar-refractivity contribution in [2.24, 2.45) is 7.05 Å². The Balaban J connectivity index is 2.54. The van der Waals surface area contributed by atoms with Gasteiger partial charge in [0.15, 0.2) is 0 Å². The molecular weight excluding hydrogens is 377 g/mol. The molecule has 0 aliphatic carbocycles. The molecule has 0 aliphatic rings. The van der Waals surface area contributed by atoms with E-state index in [2.05, 4.69) is 42.3 Å². The summed E-state index contributed by atoms with van der Waals surface area (Å²) in [5.41, 5.74) is 1.50. The first-order valence-electron chi connectivity index (χ1n) is 5.90. The molecule has 0 amide bonds. The van der Waals surface area contributed by atoms with Crippen LogP contribution in [0.5, 0.6) is 0 Å². The third-order valence-corrected chi connectivity index (χ3v) is 3.99. The molecule has 0 saturated heterocycles. The second-order valence-electron chi connectivity index (χ2n) is 4.16. The molecule has 19 heavy (non-hydrogen) atoms. The van der Waals surface area contributed by atoms with Crippen molar-refractivity contribution in [3.63, 3.8) is 0 Å². The van der Waals surface area contributed by atoms with Gasteiger partial charge < -0.3 is 5.32 Å². The van der Waals surface area contributed by atoms with Crippen LogP contribution in [0.4, 0.5) is 4.39 Å². The minimum atomic E-state index is -0.246. The standard InChI is InChI=1S/C13H14Br2FN3/c1-3-17-12(13-10(15)7-18-19(13)2)9-6-8(14)4-5-11(9)16/h4-7,12,17H,3H2,1-2H3. The Morgan fingerprint density at radius 1 is 1.42 bits per heavy atom. The predicted molar refractivity (Wildman–Crippen MR) is 80.5 cm³/mol. The van der Waals surface area contributed by atoms with Gasteiger partial charge >= 0.3 is 0 Å². The Hall–Kier alpha value is -0.720. The molecule has 6 heteroatoms. The van der Waals surface area contributed by atoms with Crippen molar-refractivity contribution in [1.82, 2.24) is 15.1 Å². The lowest BCUT2D eigenvalue weighted by Gasteiger charge is -2.20. The highest BCUT2D eigenvalue weighted by atomic mass is 79.9. The van der Waals surface area contributed by atoms with Crippen LogP contribution in [-0.2, 0) is 7.05 Å². The van der Waals surface area contributed by atoms with E-state index in [4.69, 9.17) is 0 Å². The maximum atomic E-state index is 14.1. The van der Waals surface area contributed by atoms with Gasteiger partial charge in [0.1, 0.15) is 5.82 Å². The molecule has 102 valence electrons. The van der Waals surface area contributed by atoms with Crippen LogP contribution in [0.25, 0.3) is 0 Å². The van der Waals surface area contributed by atoms with E-state index in [-0.39, 0.29) is 11.9 Å². The summed E-state index contributed by atoms with van der Waals surface area (Å²) >= 11 is 6.86. The molecular formula is C13H14Br2FN3. The number of benzene rings is 1. The molecule has 2 aromatic rings. The molecule has 0 spiro atoms. The van der Waals surface area contributed by atoms with Gasteiger partial charge in [-0.1, -0.05) is 22.9 Å². The average molecular weight is 391 g/mol. The minimum absolute atomic E-state index is 0.234. The van der Waals surface area contributed by atoms with E-state index in [0.29, 0.717) is 5.56 Å². The largest absolute Gasteiger partial charge is 0.305 e. The van der Waals surface area contributed by atoms with Crippen LogP contribution in [-0.4, -0.2) is 16.3 Å². The number of hydrogen-bond acceptors (Lipinski definition) is 2. The van der Waals surface area contributed by atoms with E-state index >= 15 is 0 Å². The van der Waals surface area contributed by atoms with Gasteiger partial charge in [0, 0.05) is 17.1 Å². The molecule has 2 rings (SSSR count). The summed E-state index contributed by atoms with van der Waals surface area (Å²) in [6.45, 7) is 2.72. The Bertz CT molecular complexity index is 564. The van der Waals surface area contributed by atoms with Crippen LogP contribution in [0, 0.1) is 5.82 Å². The highest BCUT2D eigenvalue weighted by Gasteiger charge is 2.23. The number of halogens is 3. The number of aryl methyl sites for hydroxylation is 1. The van der Waals surface area contributed by atoms with Crippen molar-refractivity contribution < 1.29 is 4.39 Å². The Morgan fingerprint density at radius 2 is 2.16 bits per heavy atom. The van der Waals surface area contributed by atoms with Crippen LogP contribution < -0.4 is 5.32 Å². The lowest BCUT2D eigenvalue weighted by Crippen LogP contribution is -2.25. The molecule has 3 nitrogen and oxygen atoms in total. The maximum Gasteiger partial charge on any atom is 0.128 e. The van der Waals surface area contributed by atoms with E-state index in [1.165, 1.54) is 6.07 Å². The molecule has 1 atom stereocenters. The lowest BCUT2D eigenvalue weighted by atomic mass is 10.0. The van der Waals surface area contributed by atoms with E-state index in [9.17, 15) is 4.39 Å². The summed E-state index contributed by atoms with van der Waals surface area (Å²) in [6, 6.07) is 4.71. The first-order chi connectivity index (χ1) is 9.04. The summed E-state index contributed by atoms with van der Waals surface area (Å²) in [5, 5.41) is 7.49. The van der Waals surface area contributed by atoms with Gasteiger partial charge in [-0.2, -0.15) is 5.10 Å². The Morgan fingerprint density at radius 3 is 2.74 bits per heavy atom. The van der Waals surface area contributed by atoms with E-state index < -0.39 is 0 Å². The second-order valence-corrected chi connectivity index (χ2v) is 5.93. The fourth-order valence-electron chi connectivity index (χ4n) is 2.04. The van der Waals surface area contributed by atoms with Crippen molar-refractivity contribution in [3.05, 3.63) is 50.4 Å². The number of aromatic nitrogens is 2. The zero-order valence-electron chi connectivity index (χ0n) is 10.6. The number of rotatable bonds is 4. The third kappa shape index (κ3) is 3.07. The Kier molecular flexibility index (Phi) is 4.76. The number of nitrogens with zero attached hydrogens (tertiary/aromatic N) is 2. The van der Waals surface area contributed by atoms with Gasteiger partial charge in [-0.25, -0.2) is 4.39 Å². The molecule has 1 aromatic carbocycles. The Labute approximate surface area is 128 Å². The van der Waals surface area contributed by atoms with E-state index in [0.717, 1.165) is 21.2 Å². The van der Waals surface area contributed by atoms with Crippen LogP contribution in [0.15, 0.2) is 33.3 Å². The van der Waals surface area contributed by atoms with Crippen LogP contribution >= 0.6 is 31.9 Å². The quantitative estimate of drug-likeness (QED) is 0.860. The summed E-state index contributed by atoms with van der Waals surface area (Å²) in [7, 11) is 1.85. The van der Waals surface area contributed by atoms with Crippen molar-refractivity contribution in [1.29, 1.82) is 0 Å². The number of hydrogen-bond donors (Lipinski definition) is 1. The fourth-order valence-corrected chi connectivity index (χ4v) is 2.99. The van der Waals surface area contributed by atoms with Gasteiger partial charge in [0.2, 0.25) is 0 Å². The van der Waals surface area contributed by atoms with Gasteiger partial charge in [-0.05, 0) is 40.7 Å². The fraction of sp³-hybridized carbons (Fsp3) is 0.308. The highest BCUT2D eigenvalue weighted by molar-refractivity contribution is 9.10. The first kappa shape index (κ1) is 14.7. The normalized spacial score (nSPS) is 12.7. The molecule has 0 radical (unpaired) electrons. The van der Waals surface area contributed by atoms with Crippen molar-refractivity contribution in [2.75, 3.05) is 6.54 Å². The molecule has 0 fully saturated rings. The van der Waals surface area contributed by atoms with Crippen molar-refractivity contribution in [3.8, 4) is 0 Å². The van der Waals surface area contributed by atoms with Gasteiger partial charge in [-0.3, -0.25) is 4.68 Å². The van der Waals surface area contributed by atoms with E-state index in [1.54, 1.807) is 23.0 Å². The molecule has 0 bridgehead atoms. The van der Waals surface area contributed by atoms with Gasteiger partial charge in [0.05, 0.1) is 22.4 Å². The lowest BCUT2D eigenvalue weighted by molar-refractivity contribution is 0.530. The summed E-state index contributed by atoms with van der Waals surface area (Å²) in [4.78, 5) is 0. The first-order valence-corrected chi connectivity index (χ1v) is 7.49. The minimum Gasteiger partial charge on any atom is -0.305 e. The van der Waals surface area contributed by atoms with Gasteiger partial charge in [0.25, 0.3) is 0 Å². The summed E-state index contributed by atoms with van der Waals surface area (Å²) in [6.07, 6.45) is 1.72. The number of nitrogens with one attached hydrogen (secondary N) is 1. The monoisotopic (exact) mass is 389 g/mol. The van der Waals surface area contributed by atoms with E-state index in [1.807, 2.05) is 14.0 Å². The van der Waals surface area contributed by atoms with Crippen molar-refractivity contribution in [2.45, 2.75) is 13.0 Å². The third-order valence-electron chi connectivity index (χ3n) is 2.89. The molecule has 1 N–H and O–H groups in total. The second kappa shape index (κ2) is 6.15. The van der Waals surface area contributed by atoms with Gasteiger partial charge in [-0.15, -0.1) is 0 Å². The predicted octanol–water partition coefficient (Wildman–Crippen LogP) is 3.78. The zero-order chi connectivity index (χ0) is 14.0. The topological polar surface area (TPSA) is 29.9 Å². The average Bonchev–Trinajstić information content (AvgIpc) is 2.70. The van der Waals surface area contributed by atoms with Crippen LogP contribution in [0.3, 0.4) is 0 Å². The maximum absolute atomic E-state index is 14.1. The zero-order valence-corrected chi connectivity index (χ0v) is 13.8. The SMILES string of the molecule is CCNC(c1cc(Br)ccc1F)c1c(Br)cnn1C. The summed E-state index contributed by atoms with van der Waals surface area (Å²) < 4.78 is 17.6. The molecule has 0 aliphatic heterocycles. The highest BCUT2D eigenvalue weighted by Crippen LogP contribution is 2.31. The summed E-state index contributed by atoms with van der Waals surface area (Å²) in [5.74, 6) is -0.234. The molecule has 1 heterocycles. The van der Waals surface area contributed by atoms with Crippen LogP contribution in [0.2, 0.25) is 0 Å². The molecule has 1 aromatic heterocycles. The smallest absolute Gasteiger partial charge is 0.128 e. The molecule has 0 saturated carbocycles. The van der Waals surface area contributed by atoms with Crippen molar-refractivity contribution >= 4 is 31.9 Å². The molecule has 1 unspecified atom stereocenters. The van der Waals surface area contributed by atoms with Crippen LogP contribution in [0.1, 0.15) is 24.2 Å².